The maximum atomic E-state index is 9.36. The first-order valence-electron chi connectivity index (χ1n) is 5.22. The average Bonchev–Trinajstić information content (AvgIpc) is 2.19. The van der Waals surface area contributed by atoms with Crippen LogP contribution in [0.2, 0.25) is 0 Å². The summed E-state index contributed by atoms with van der Waals surface area (Å²) in [5.74, 6) is 1.04. The van der Waals surface area contributed by atoms with Crippen LogP contribution in [0.3, 0.4) is 0 Å². The third-order valence-electron chi connectivity index (χ3n) is 2.61. The van der Waals surface area contributed by atoms with Crippen LogP contribution in [0.1, 0.15) is 12.8 Å². The summed E-state index contributed by atoms with van der Waals surface area (Å²) in [6, 6.07) is 0. The van der Waals surface area contributed by atoms with Gasteiger partial charge in [0.1, 0.15) is 0 Å². The van der Waals surface area contributed by atoms with E-state index in [0.29, 0.717) is 12.4 Å². The minimum Gasteiger partial charge on any atom is -0.391 e. The van der Waals surface area contributed by atoms with E-state index >= 15 is 0 Å². The van der Waals surface area contributed by atoms with Gasteiger partial charge in [0.15, 0.2) is 0 Å². The number of alkyl halides is 1. The van der Waals surface area contributed by atoms with Crippen molar-refractivity contribution in [2.45, 2.75) is 18.9 Å². The molecular formula is C10H20ClNO2. The van der Waals surface area contributed by atoms with E-state index in [9.17, 15) is 5.11 Å². The molecular weight excluding hydrogens is 202 g/mol. The lowest BCUT2D eigenvalue weighted by Crippen LogP contribution is -2.35. The van der Waals surface area contributed by atoms with E-state index in [1.54, 1.807) is 0 Å². The van der Waals surface area contributed by atoms with Gasteiger partial charge in [-0.05, 0) is 25.8 Å². The summed E-state index contributed by atoms with van der Waals surface area (Å²) in [5, 5.41) is 9.36. The quantitative estimate of drug-likeness (QED) is 0.702. The van der Waals surface area contributed by atoms with Gasteiger partial charge in [-0.1, -0.05) is 0 Å². The Balaban J connectivity index is 2.14. The van der Waals surface area contributed by atoms with Crippen LogP contribution in [-0.2, 0) is 4.74 Å². The smallest absolute Gasteiger partial charge is 0.0802 e. The van der Waals surface area contributed by atoms with Crippen LogP contribution < -0.4 is 0 Å². The number of hydrogen-bond donors (Lipinski definition) is 1. The summed E-state index contributed by atoms with van der Waals surface area (Å²) in [6.07, 6.45) is 1.88. The molecule has 0 aliphatic carbocycles. The fraction of sp³-hybridized carbons (Fsp3) is 1.00. The van der Waals surface area contributed by atoms with Crippen molar-refractivity contribution < 1.29 is 9.84 Å². The van der Waals surface area contributed by atoms with Gasteiger partial charge in [-0.3, -0.25) is 0 Å². The Kier molecular flexibility index (Phi) is 5.78. The number of aliphatic hydroxyl groups is 1. The second-order valence-electron chi connectivity index (χ2n) is 4.09. The lowest BCUT2D eigenvalue weighted by atomic mass is 10.00. The Bertz CT molecular complexity index is 151. The third-order valence-corrected chi connectivity index (χ3v) is 2.97. The summed E-state index contributed by atoms with van der Waals surface area (Å²) >= 11 is 5.54. The van der Waals surface area contributed by atoms with Gasteiger partial charge in [0.25, 0.3) is 0 Å². The highest BCUT2D eigenvalue weighted by Crippen LogP contribution is 2.15. The first kappa shape index (κ1) is 12.2. The summed E-state index contributed by atoms with van der Waals surface area (Å²) in [5.41, 5.74) is 0. The first-order valence-corrected chi connectivity index (χ1v) is 5.76. The molecule has 0 bridgehead atoms. The Morgan fingerprint density at radius 3 is 2.71 bits per heavy atom. The molecule has 0 aromatic rings. The van der Waals surface area contributed by atoms with Crippen molar-refractivity contribution in [2.75, 3.05) is 39.2 Å². The van der Waals surface area contributed by atoms with Crippen molar-refractivity contribution in [3.63, 3.8) is 0 Å². The zero-order valence-electron chi connectivity index (χ0n) is 8.79. The summed E-state index contributed by atoms with van der Waals surface area (Å²) in [4.78, 5) is 2.16. The molecule has 1 unspecified atom stereocenters. The zero-order valence-corrected chi connectivity index (χ0v) is 9.54. The summed E-state index contributed by atoms with van der Waals surface area (Å²) < 4.78 is 5.29. The highest BCUT2D eigenvalue weighted by atomic mass is 35.5. The molecule has 0 spiro atoms. The van der Waals surface area contributed by atoms with Crippen molar-refractivity contribution in [1.82, 2.24) is 4.90 Å². The van der Waals surface area contributed by atoms with Gasteiger partial charge in [-0.15, -0.1) is 11.6 Å². The Labute approximate surface area is 91.0 Å². The highest BCUT2D eigenvalue weighted by Gasteiger charge is 2.16. The van der Waals surface area contributed by atoms with Crippen LogP contribution >= 0.6 is 11.6 Å². The van der Waals surface area contributed by atoms with Gasteiger partial charge in [0.05, 0.1) is 6.10 Å². The standard InChI is InChI=1S/C10H20ClNO2/c1-12(8-10(13)6-11)7-9-2-4-14-5-3-9/h9-10,13H,2-8H2,1H3. The number of rotatable bonds is 5. The number of ether oxygens (including phenoxy) is 1. The van der Waals surface area contributed by atoms with Crippen molar-refractivity contribution in [1.29, 1.82) is 0 Å². The minimum atomic E-state index is -0.401. The fourth-order valence-corrected chi connectivity index (χ4v) is 1.95. The van der Waals surface area contributed by atoms with Crippen LogP contribution in [0.5, 0.6) is 0 Å². The van der Waals surface area contributed by atoms with E-state index in [0.717, 1.165) is 38.5 Å². The van der Waals surface area contributed by atoms with Gasteiger partial charge in [0.2, 0.25) is 0 Å². The van der Waals surface area contributed by atoms with Gasteiger partial charge >= 0.3 is 0 Å². The number of likely N-dealkylation sites (N-methyl/N-ethyl adjacent to an activating group) is 1. The Morgan fingerprint density at radius 2 is 2.14 bits per heavy atom. The van der Waals surface area contributed by atoms with Gasteiger partial charge in [-0.25, -0.2) is 0 Å². The second kappa shape index (κ2) is 6.62. The minimum absolute atomic E-state index is 0.318. The van der Waals surface area contributed by atoms with E-state index in [4.69, 9.17) is 16.3 Å². The van der Waals surface area contributed by atoms with Crippen LogP contribution in [0.4, 0.5) is 0 Å². The predicted octanol–water partition coefficient (Wildman–Crippen LogP) is 0.944. The van der Waals surface area contributed by atoms with Crippen molar-refractivity contribution in [3.05, 3.63) is 0 Å². The van der Waals surface area contributed by atoms with Crippen molar-refractivity contribution in [2.24, 2.45) is 5.92 Å². The molecule has 84 valence electrons. The molecule has 0 amide bonds. The number of halogens is 1. The van der Waals surface area contributed by atoms with Crippen LogP contribution in [-0.4, -0.2) is 55.3 Å². The SMILES string of the molecule is CN(CC(O)CCl)CC1CCOCC1. The molecule has 1 saturated heterocycles. The van der Waals surface area contributed by atoms with Crippen LogP contribution in [0, 0.1) is 5.92 Å². The molecule has 1 atom stereocenters. The zero-order chi connectivity index (χ0) is 10.4. The third kappa shape index (κ3) is 4.60. The van der Waals surface area contributed by atoms with Crippen molar-refractivity contribution in [3.8, 4) is 0 Å². The number of hydrogen-bond acceptors (Lipinski definition) is 3. The van der Waals surface area contributed by atoms with E-state index in [2.05, 4.69) is 4.90 Å². The second-order valence-corrected chi connectivity index (χ2v) is 4.39. The summed E-state index contributed by atoms with van der Waals surface area (Å²) in [7, 11) is 2.03. The Hall–Kier alpha value is 0.170. The summed E-state index contributed by atoms with van der Waals surface area (Å²) in [6.45, 7) is 3.48. The maximum absolute atomic E-state index is 9.36. The lowest BCUT2D eigenvalue weighted by Gasteiger charge is -2.27. The molecule has 0 aromatic carbocycles. The van der Waals surface area contributed by atoms with E-state index < -0.39 is 6.10 Å². The normalized spacial score (nSPS) is 21.4. The molecule has 3 nitrogen and oxygen atoms in total. The first-order chi connectivity index (χ1) is 6.72. The molecule has 1 N–H and O–H groups in total. The topological polar surface area (TPSA) is 32.7 Å². The van der Waals surface area contributed by atoms with Crippen molar-refractivity contribution >= 4 is 11.6 Å². The lowest BCUT2D eigenvalue weighted by molar-refractivity contribution is 0.0497. The average molecular weight is 222 g/mol. The molecule has 0 aromatic heterocycles. The van der Waals surface area contributed by atoms with E-state index in [1.165, 1.54) is 0 Å². The Morgan fingerprint density at radius 1 is 1.50 bits per heavy atom. The molecule has 1 fully saturated rings. The monoisotopic (exact) mass is 221 g/mol. The van der Waals surface area contributed by atoms with Gasteiger partial charge in [0, 0.05) is 32.2 Å². The van der Waals surface area contributed by atoms with E-state index in [1.807, 2.05) is 7.05 Å². The molecule has 0 saturated carbocycles. The van der Waals surface area contributed by atoms with Gasteiger partial charge in [-0.2, -0.15) is 0 Å². The van der Waals surface area contributed by atoms with Crippen LogP contribution in [0.25, 0.3) is 0 Å². The molecule has 4 heteroatoms. The largest absolute Gasteiger partial charge is 0.391 e. The number of nitrogens with zero attached hydrogens (tertiary/aromatic N) is 1. The molecule has 0 radical (unpaired) electrons. The van der Waals surface area contributed by atoms with E-state index in [-0.39, 0.29) is 0 Å². The molecule has 1 rings (SSSR count). The molecule has 1 aliphatic heterocycles. The fourth-order valence-electron chi connectivity index (χ4n) is 1.85. The predicted molar refractivity (Wildman–Crippen MR) is 57.8 cm³/mol. The highest BCUT2D eigenvalue weighted by molar-refractivity contribution is 6.18. The van der Waals surface area contributed by atoms with Gasteiger partial charge < -0.3 is 14.7 Å². The maximum Gasteiger partial charge on any atom is 0.0802 e. The molecule has 1 heterocycles. The molecule has 14 heavy (non-hydrogen) atoms. The molecule has 1 aliphatic rings. The number of aliphatic hydroxyl groups excluding tert-OH is 1. The van der Waals surface area contributed by atoms with Crippen LogP contribution in [0.15, 0.2) is 0 Å².